The zero-order chi connectivity index (χ0) is 18.9. The van der Waals surface area contributed by atoms with Crippen LogP contribution in [0.5, 0.6) is 0 Å². The molecule has 0 atom stereocenters. The van der Waals surface area contributed by atoms with Gasteiger partial charge in [0.05, 0.1) is 11.1 Å². The Kier molecular flexibility index (Phi) is 4.80. The van der Waals surface area contributed by atoms with Gasteiger partial charge in [-0.1, -0.05) is 18.2 Å². The summed E-state index contributed by atoms with van der Waals surface area (Å²) in [7, 11) is 0. The maximum Gasteiger partial charge on any atom is 0.417 e. The molecule has 4 nitrogen and oxygen atoms in total. The third-order valence-electron chi connectivity index (χ3n) is 4.72. The van der Waals surface area contributed by atoms with E-state index < -0.39 is 17.6 Å². The number of nitrogens with zero attached hydrogens (tertiary/aromatic N) is 2. The third kappa shape index (κ3) is 3.47. The Morgan fingerprint density at radius 1 is 1.00 bits per heavy atom. The van der Waals surface area contributed by atoms with E-state index in [-0.39, 0.29) is 5.56 Å². The van der Waals surface area contributed by atoms with Crippen LogP contribution in [0.1, 0.15) is 21.5 Å². The highest BCUT2D eigenvalue weighted by atomic mass is 19.4. The summed E-state index contributed by atoms with van der Waals surface area (Å²) in [4.78, 5) is 16.2. The van der Waals surface area contributed by atoms with Crippen molar-refractivity contribution >= 4 is 17.3 Å². The van der Waals surface area contributed by atoms with Crippen LogP contribution in [0.15, 0.2) is 42.5 Å². The average molecular weight is 363 g/mol. The minimum Gasteiger partial charge on any atom is -0.398 e. The molecule has 0 aliphatic carbocycles. The predicted molar refractivity (Wildman–Crippen MR) is 95.2 cm³/mol. The molecule has 0 bridgehead atoms. The molecule has 7 heteroatoms. The summed E-state index contributed by atoms with van der Waals surface area (Å²) in [6.07, 6.45) is -4.55. The topological polar surface area (TPSA) is 49.6 Å². The number of hydrogen-bond donors (Lipinski definition) is 1. The number of carbonyl (C=O) groups excluding carboxylic acids is 1. The lowest BCUT2D eigenvalue weighted by molar-refractivity contribution is -0.138. The molecule has 26 heavy (non-hydrogen) atoms. The van der Waals surface area contributed by atoms with Crippen LogP contribution in [0, 0.1) is 6.92 Å². The van der Waals surface area contributed by atoms with Crippen molar-refractivity contribution in [2.75, 3.05) is 36.8 Å². The molecule has 1 heterocycles. The Balaban J connectivity index is 1.75. The first-order valence-corrected chi connectivity index (χ1v) is 8.34. The van der Waals surface area contributed by atoms with Gasteiger partial charge in [-0.05, 0) is 36.8 Å². The number of hydrogen-bond acceptors (Lipinski definition) is 3. The summed E-state index contributed by atoms with van der Waals surface area (Å²) in [6, 6.07) is 10.6. The van der Waals surface area contributed by atoms with Crippen molar-refractivity contribution in [1.82, 2.24) is 4.90 Å². The predicted octanol–water partition coefficient (Wildman–Crippen LogP) is 3.56. The van der Waals surface area contributed by atoms with Crippen molar-refractivity contribution in [1.29, 1.82) is 0 Å². The normalized spacial score (nSPS) is 15.2. The van der Waals surface area contributed by atoms with Crippen molar-refractivity contribution < 1.29 is 18.0 Å². The lowest BCUT2D eigenvalue weighted by Crippen LogP contribution is -2.49. The van der Waals surface area contributed by atoms with Gasteiger partial charge in [0.1, 0.15) is 0 Å². The van der Waals surface area contributed by atoms with Crippen molar-refractivity contribution in [2.24, 2.45) is 0 Å². The van der Waals surface area contributed by atoms with E-state index in [1.54, 1.807) is 0 Å². The molecule has 0 spiro atoms. The molecule has 0 aromatic heterocycles. The molecule has 0 unspecified atom stereocenters. The van der Waals surface area contributed by atoms with E-state index in [1.807, 2.05) is 25.1 Å². The maximum atomic E-state index is 13.2. The van der Waals surface area contributed by atoms with Crippen LogP contribution in [0.25, 0.3) is 0 Å². The second-order valence-electron chi connectivity index (χ2n) is 6.31. The largest absolute Gasteiger partial charge is 0.417 e. The fourth-order valence-electron chi connectivity index (χ4n) is 3.22. The number of alkyl halides is 3. The van der Waals surface area contributed by atoms with E-state index in [0.29, 0.717) is 31.9 Å². The quantitative estimate of drug-likeness (QED) is 0.830. The van der Waals surface area contributed by atoms with Gasteiger partial charge in [-0.2, -0.15) is 13.2 Å². The maximum absolute atomic E-state index is 13.2. The van der Waals surface area contributed by atoms with Gasteiger partial charge in [0.15, 0.2) is 0 Å². The fourth-order valence-corrected chi connectivity index (χ4v) is 3.22. The van der Waals surface area contributed by atoms with Gasteiger partial charge in [-0.15, -0.1) is 0 Å². The molecule has 2 N–H and O–H groups in total. The number of nitrogen functional groups attached to an aromatic ring is 1. The van der Waals surface area contributed by atoms with Crippen molar-refractivity contribution in [3.05, 3.63) is 59.2 Å². The van der Waals surface area contributed by atoms with Gasteiger partial charge in [-0.25, -0.2) is 0 Å². The highest BCUT2D eigenvalue weighted by Gasteiger charge is 2.36. The second kappa shape index (κ2) is 6.90. The van der Waals surface area contributed by atoms with Crippen molar-refractivity contribution in [3.63, 3.8) is 0 Å². The van der Waals surface area contributed by atoms with Gasteiger partial charge >= 0.3 is 6.18 Å². The van der Waals surface area contributed by atoms with E-state index in [9.17, 15) is 18.0 Å². The smallest absolute Gasteiger partial charge is 0.398 e. The summed E-state index contributed by atoms with van der Waals surface area (Å²) in [6.45, 7) is 3.74. The molecule has 2 aromatic rings. The summed E-state index contributed by atoms with van der Waals surface area (Å²) < 4.78 is 39.5. The standard InChI is InChI=1S/C19H20F3N3O/c1-13-16(23)7-4-8-17(13)24-9-11-25(12-10-24)18(26)14-5-2-3-6-15(14)19(20,21)22/h2-8H,9-12,23H2,1H3. The molecular formula is C19H20F3N3O. The number of benzene rings is 2. The van der Waals surface area contributed by atoms with Gasteiger partial charge in [-0.3, -0.25) is 4.79 Å². The Morgan fingerprint density at radius 2 is 1.65 bits per heavy atom. The van der Waals surface area contributed by atoms with Gasteiger partial charge in [0.25, 0.3) is 5.91 Å². The SMILES string of the molecule is Cc1c(N)cccc1N1CCN(C(=O)c2ccccc2C(F)(F)F)CC1. The molecule has 1 amide bonds. The summed E-state index contributed by atoms with van der Waals surface area (Å²) in [5.41, 5.74) is 7.41. The molecule has 1 aliphatic rings. The van der Waals surface area contributed by atoms with Crippen molar-refractivity contribution in [3.8, 4) is 0 Å². The number of nitrogens with two attached hydrogens (primary N) is 1. The van der Waals surface area contributed by atoms with E-state index >= 15 is 0 Å². The number of rotatable bonds is 2. The highest BCUT2D eigenvalue weighted by molar-refractivity contribution is 5.96. The zero-order valence-corrected chi connectivity index (χ0v) is 14.4. The minimum atomic E-state index is -4.55. The molecule has 3 rings (SSSR count). The third-order valence-corrected chi connectivity index (χ3v) is 4.72. The minimum absolute atomic E-state index is 0.298. The zero-order valence-electron chi connectivity index (χ0n) is 14.4. The van der Waals surface area contributed by atoms with Crippen LogP contribution < -0.4 is 10.6 Å². The number of anilines is 2. The van der Waals surface area contributed by atoms with Gasteiger partial charge in [0.2, 0.25) is 0 Å². The molecule has 2 aromatic carbocycles. The number of amides is 1. The average Bonchev–Trinajstić information content (AvgIpc) is 2.63. The van der Waals surface area contributed by atoms with E-state index in [0.717, 1.165) is 17.3 Å². The highest BCUT2D eigenvalue weighted by Crippen LogP contribution is 2.33. The summed E-state index contributed by atoms with van der Waals surface area (Å²) in [5, 5.41) is 0. The molecule has 1 saturated heterocycles. The molecule has 0 saturated carbocycles. The van der Waals surface area contributed by atoms with Gasteiger partial charge < -0.3 is 15.5 Å². The van der Waals surface area contributed by atoms with E-state index in [1.165, 1.54) is 23.1 Å². The van der Waals surface area contributed by atoms with Crippen LogP contribution in [-0.4, -0.2) is 37.0 Å². The van der Waals surface area contributed by atoms with E-state index in [2.05, 4.69) is 4.90 Å². The summed E-state index contributed by atoms with van der Waals surface area (Å²) in [5.74, 6) is -0.582. The first-order valence-electron chi connectivity index (χ1n) is 8.34. The lowest BCUT2D eigenvalue weighted by atomic mass is 10.1. The molecule has 1 aliphatic heterocycles. The van der Waals surface area contributed by atoms with Crippen LogP contribution in [-0.2, 0) is 6.18 Å². The second-order valence-corrected chi connectivity index (χ2v) is 6.31. The Labute approximate surface area is 150 Å². The monoisotopic (exact) mass is 363 g/mol. The van der Waals surface area contributed by atoms with Crippen LogP contribution in [0.2, 0.25) is 0 Å². The van der Waals surface area contributed by atoms with Crippen LogP contribution >= 0.6 is 0 Å². The van der Waals surface area contributed by atoms with Crippen LogP contribution in [0.4, 0.5) is 24.5 Å². The van der Waals surface area contributed by atoms with E-state index in [4.69, 9.17) is 5.73 Å². The Bertz CT molecular complexity index is 812. The number of piperazine rings is 1. The molecule has 138 valence electrons. The summed E-state index contributed by atoms with van der Waals surface area (Å²) >= 11 is 0. The van der Waals surface area contributed by atoms with Crippen LogP contribution in [0.3, 0.4) is 0 Å². The fraction of sp³-hybridized carbons (Fsp3) is 0.316. The Hall–Kier alpha value is -2.70. The lowest BCUT2D eigenvalue weighted by Gasteiger charge is -2.37. The number of halogens is 3. The number of carbonyl (C=O) groups is 1. The molecule has 1 fully saturated rings. The van der Waals surface area contributed by atoms with Crippen molar-refractivity contribution in [2.45, 2.75) is 13.1 Å². The van der Waals surface area contributed by atoms with Gasteiger partial charge in [0, 0.05) is 37.6 Å². The molecule has 0 radical (unpaired) electrons. The Morgan fingerprint density at radius 3 is 2.31 bits per heavy atom. The molecular weight excluding hydrogens is 343 g/mol. The first-order chi connectivity index (χ1) is 12.3. The first kappa shape index (κ1) is 18.1.